The van der Waals surface area contributed by atoms with Gasteiger partial charge in [0.25, 0.3) is 0 Å². The van der Waals surface area contributed by atoms with Crippen LogP contribution in [0.15, 0.2) is 0 Å². The van der Waals surface area contributed by atoms with E-state index in [0.29, 0.717) is 6.04 Å². The number of hydrogen-bond acceptors (Lipinski definition) is 4. The van der Waals surface area contributed by atoms with Gasteiger partial charge in [-0.05, 0) is 25.2 Å². The molecule has 2 aliphatic heterocycles. The molecule has 0 bridgehead atoms. The minimum Gasteiger partial charge on any atom is -0.381 e. The number of nitrogens with zero attached hydrogens (tertiary/aromatic N) is 1. The quantitative estimate of drug-likeness (QED) is 0.762. The minimum absolute atomic E-state index is 0.533. The monoisotopic (exact) mass is 228 g/mol. The summed E-state index contributed by atoms with van der Waals surface area (Å²) in [6.07, 6.45) is 3.47. The molecule has 0 aliphatic carbocycles. The van der Waals surface area contributed by atoms with Crippen LogP contribution < -0.4 is 5.73 Å². The minimum atomic E-state index is 0.533. The zero-order valence-electron chi connectivity index (χ0n) is 10.1. The zero-order valence-corrected chi connectivity index (χ0v) is 10.1. The van der Waals surface area contributed by atoms with Gasteiger partial charge in [-0.3, -0.25) is 4.90 Å². The summed E-state index contributed by atoms with van der Waals surface area (Å²) in [6.45, 7) is 6.53. The van der Waals surface area contributed by atoms with Gasteiger partial charge in [-0.15, -0.1) is 0 Å². The third-order valence-corrected chi connectivity index (χ3v) is 3.78. The Morgan fingerprint density at radius 3 is 2.56 bits per heavy atom. The summed E-state index contributed by atoms with van der Waals surface area (Å²) in [5.74, 6) is 0.719. The average Bonchev–Trinajstić information content (AvgIpc) is 2.61. The van der Waals surface area contributed by atoms with Gasteiger partial charge in [0.05, 0.1) is 6.61 Å². The highest BCUT2D eigenvalue weighted by Crippen LogP contribution is 2.23. The third-order valence-electron chi connectivity index (χ3n) is 3.78. The topological polar surface area (TPSA) is 47.7 Å². The van der Waals surface area contributed by atoms with E-state index in [1.165, 1.54) is 12.8 Å². The van der Waals surface area contributed by atoms with Crippen LogP contribution in [0.5, 0.6) is 0 Å². The summed E-state index contributed by atoms with van der Waals surface area (Å²) in [5.41, 5.74) is 5.96. The standard InChI is InChI=1S/C12H24N2O2/c13-10-12(11-2-7-16-8-3-11)14-4-1-6-15-9-5-14/h11-12H,1-10,13H2. The first-order chi connectivity index (χ1) is 7.92. The van der Waals surface area contributed by atoms with Crippen LogP contribution in [-0.4, -0.2) is 57.0 Å². The second-order valence-electron chi connectivity index (χ2n) is 4.75. The Hall–Kier alpha value is -0.160. The second kappa shape index (κ2) is 6.55. The first kappa shape index (κ1) is 12.3. The van der Waals surface area contributed by atoms with Gasteiger partial charge < -0.3 is 15.2 Å². The summed E-state index contributed by atoms with van der Waals surface area (Å²) in [5, 5.41) is 0. The van der Waals surface area contributed by atoms with Crippen LogP contribution in [0.3, 0.4) is 0 Å². The van der Waals surface area contributed by atoms with Crippen molar-refractivity contribution >= 4 is 0 Å². The maximum Gasteiger partial charge on any atom is 0.0593 e. The third kappa shape index (κ3) is 3.17. The molecule has 0 aromatic carbocycles. The molecule has 2 aliphatic rings. The van der Waals surface area contributed by atoms with Crippen LogP contribution in [0.1, 0.15) is 19.3 Å². The Kier molecular flexibility index (Phi) is 5.03. The van der Waals surface area contributed by atoms with E-state index in [0.717, 1.165) is 58.4 Å². The van der Waals surface area contributed by atoms with Crippen LogP contribution in [0.4, 0.5) is 0 Å². The molecule has 2 heterocycles. The molecule has 0 saturated carbocycles. The molecule has 2 N–H and O–H groups in total. The molecule has 2 fully saturated rings. The first-order valence-corrected chi connectivity index (χ1v) is 6.51. The number of rotatable bonds is 3. The predicted octanol–water partition coefficient (Wildman–Crippen LogP) is 0.463. The Bertz CT molecular complexity index is 187. The molecule has 2 rings (SSSR count). The van der Waals surface area contributed by atoms with E-state index >= 15 is 0 Å². The van der Waals surface area contributed by atoms with Crippen molar-refractivity contribution in [2.45, 2.75) is 25.3 Å². The molecule has 2 saturated heterocycles. The summed E-state index contributed by atoms with van der Waals surface area (Å²) in [7, 11) is 0. The lowest BCUT2D eigenvalue weighted by atomic mass is 9.90. The van der Waals surface area contributed by atoms with Crippen molar-refractivity contribution in [1.82, 2.24) is 4.90 Å². The Morgan fingerprint density at radius 1 is 1.06 bits per heavy atom. The van der Waals surface area contributed by atoms with Crippen molar-refractivity contribution in [3.05, 3.63) is 0 Å². The van der Waals surface area contributed by atoms with Crippen molar-refractivity contribution in [2.24, 2.45) is 11.7 Å². The highest BCUT2D eigenvalue weighted by Gasteiger charge is 2.28. The van der Waals surface area contributed by atoms with Gasteiger partial charge in [0, 0.05) is 45.5 Å². The van der Waals surface area contributed by atoms with Crippen LogP contribution in [0.2, 0.25) is 0 Å². The van der Waals surface area contributed by atoms with E-state index in [2.05, 4.69) is 4.90 Å². The van der Waals surface area contributed by atoms with Gasteiger partial charge in [-0.2, -0.15) is 0 Å². The normalized spacial score (nSPS) is 27.6. The predicted molar refractivity (Wildman–Crippen MR) is 63.4 cm³/mol. The molecular weight excluding hydrogens is 204 g/mol. The van der Waals surface area contributed by atoms with Gasteiger partial charge >= 0.3 is 0 Å². The maximum atomic E-state index is 5.96. The maximum absolute atomic E-state index is 5.96. The highest BCUT2D eigenvalue weighted by molar-refractivity contribution is 4.82. The van der Waals surface area contributed by atoms with E-state index in [9.17, 15) is 0 Å². The molecule has 0 aromatic rings. The molecule has 0 spiro atoms. The largest absolute Gasteiger partial charge is 0.381 e. The summed E-state index contributed by atoms with van der Waals surface area (Å²) in [6, 6.07) is 0.533. The molecule has 0 amide bonds. The number of ether oxygens (including phenoxy) is 2. The molecule has 0 radical (unpaired) electrons. The Morgan fingerprint density at radius 2 is 1.81 bits per heavy atom. The zero-order chi connectivity index (χ0) is 11.2. The second-order valence-corrected chi connectivity index (χ2v) is 4.75. The fourth-order valence-electron chi connectivity index (χ4n) is 2.84. The van der Waals surface area contributed by atoms with E-state index in [1.807, 2.05) is 0 Å². The molecule has 4 heteroatoms. The van der Waals surface area contributed by atoms with Crippen LogP contribution in [-0.2, 0) is 9.47 Å². The van der Waals surface area contributed by atoms with Gasteiger partial charge in [0.1, 0.15) is 0 Å². The van der Waals surface area contributed by atoms with Crippen molar-refractivity contribution in [1.29, 1.82) is 0 Å². The molecule has 94 valence electrons. The van der Waals surface area contributed by atoms with Crippen molar-refractivity contribution in [2.75, 3.05) is 46.1 Å². The van der Waals surface area contributed by atoms with Gasteiger partial charge in [0.15, 0.2) is 0 Å². The summed E-state index contributed by atoms with van der Waals surface area (Å²) < 4.78 is 10.9. The Balaban J connectivity index is 1.90. The van der Waals surface area contributed by atoms with Crippen LogP contribution in [0.25, 0.3) is 0 Å². The molecule has 1 unspecified atom stereocenters. The lowest BCUT2D eigenvalue weighted by Crippen LogP contribution is -2.48. The van der Waals surface area contributed by atoms with Gasteiger partial charge in [-0.1, -0.05) is 0 Å². The fraction of sp³-hybridized carbons (Fsp3) is 1.00. The van der Waals surface area contributed by atoms with Gasteiger partial charge in [0.2, 0.25) is 0 Å². The molecule has 16 heavy (non-hydrogen) atoms. The fourth-order valence-corrected chi connectivity index (χ4v) is 2.84. The highest BCUT2D eigenvalue weighted by atomic mass is 16.5. The van der Waals surface area contributed by atoms with Gasteiger partial charge in [-0.25, -0.2) is 0 Å². The molecule has 1 atom stereocenters. The molecular formula is C12H24N2O2. The van der Waals surface area contributed by atoms with Crippen molar-refractivity contribution in [3.8, 4) is 0 Å². The number of hydrogen-bond donors (Lipinski definition) is 1. The van der Waals surface area contributed by atoms with Crippen LogP contribution >= 0.6 is 0 Å². The summed E-state index contributed by atoms with van der Waals surface area (Å²) >= 11 is 0. The average molecular weight is 228 g/mol. The molecule has 0 aromatic heterocycles. The van der Waals surface area contributed by atoms with E-state index in [1.54, 1.807) is 0 Å². The summed E-state index contributed by atoms with van der Waals surface area (Å²) in [4.78, 5) is 2.53. The van der Waals surface area contributed by atoms with Crippen molar-refractivity contribution < 1.29 is 9.47 Å². The lowest BCUT2D eigenvalue weighted by molar-refractivity contribution is 0.0267. The number of nitrogens with two attached hydrogens (primary N) is 1. The van der Waals surface area contributed by atoms with Crippen LogP contribution in [0, 0.1) is 5.92 Å². The lowest BCUT2D eigenvalue weighted by Gasteiger charge is -2.37. The Labute approximate surface area is 98.1 Å². The van der Waals surface area contributed by atoms with E-state index in [-0.39, 0.29) is 0 Å². The first-order valence-electron chi connectivity index (χ1n) is 6.51. The van der Waals surface area contributed by atoms with E-state index < -0.39 is 0 Å². The molecule has 4 nitrogen and oxygen atoms in total. The smallest absolute Gasteiger partial charge is 0.0593 e. The van der Waals surface area contributed by atoms with E-state index in [4.69, 9.17) is 15.2 Å². The SMILES string of the molecule is NCC(C1CCOCC1)N1CCCOCC1. The van der Waals surface area contributed by atoms with Crippen molar-refractivity contribution in [3.63, 3.8) is 0 Å².